The fourth-order valence-corrected chi connectivity index (χ4v) is 5.43. The molecule has 196 valence electrons. The zero-order chi connectivity index (χ0) is 26.1. The second-order valence-electron chi connectivity index (χ2n) is 10.4. The van der Waals surface area contributed by atoms with Crippen LogP contribution in [0.15, 0.2) is 60.8 Å². The highest BCUT2D eigenvalue weighted by Gasteiger charge is 2.18. The number of aryl methyl sites for hydroxylation is 1. The molecule has 0 amide bonds. The molecule has 0 N–H and O–H groups in total. The largest absolute Gasteiger partial charge is 0.379 e. The Morgan fingerprint density at radius 3 is 2.39 bits per heavy atom. The van der Waals surface area contributed by atoms with Crippen molar-refractivity contribution in [3.63, 3.8) is 0 Å². The lowest BCUT2D eigenvalue weighted by Crippen LogP contribution is -2.44. The van der Waals surface area contributed by atoms with E-state index in [0.29, 0.717) is 19.8 Å². The van der Waals surface area contributed by atoms with Gasteiger partial charge in [0.1, 0.15) is 5.82 Å². The summed E-state index contributed by atoms with van der Waals surface area (Å²) in [7, 11) is 2.17. The predicted octanol–water partition coefficient (Wildman–Crippen LogP) is 5.00. The number of rotatable bonds is 5. The number of likely N-dealkylation sites (N-methyl/N-ethyl adjacent to an activating group) is 1. The maximum Gasteiger partial charge on any atom is 0.128 e. The van der Waals surface area contributed by atoms with Gasteiger partial charge < -0.3 is 14.5 Å². The summed E-state index contributed by atoms with van der Waals surface area (Å²) in [5, 5.41) is 0. The molecule has 4 aromatic rings. The lowest BCUT2D eigenvalue weighted by Gasteiger charge is -2.34. The van der Waals surface area contributed by atoms with Crippen molar-refractivity contribution in [3.05, 3.63) is 77.7 Å². The number of para-hydroxylation sites is 1. The number of benzene rings is 3. The van der Waals surface area contributed by atoms with Crippen LogP contribution in [0.5, 0.6) is 0 Å². The SMILES string of the molecule is Cc1cc(-c2cccc3ncc(-c4ccc(N5CCN(C)CC5)cc4)nc23)cc(F)c1CN1CCOCC1. The summed E-state index contributed by atoms with van der Waals surface area (Å²) in [6.07, 6.45) is 1.83. The molecule has 0 atom stereocenters. The van der Waals surface area contributed by atoms with Crippen LogP contribution in [-0.2, 0) is 11.3 Å². The molecule has 0 bridgehead atoms. The first kappa shape index (κ1) is 24.9. The molecule has 1 aromatic heterocycles. The number of hydrogen-bond donors (Lipinski definition) is 0. The molecule has 3 heterocycles. The third-order valence-corrected chi connectivity index (χ3v) is 7.82. The summed E-state index contributed by atoms with van der Waals surface area (Å²) < 4.78 is 20.9. The van der Waals surface area contributed by atoms with Crippen LogP contribution in [0, 0.1) is 12.7 Å². The van der Waals surface area contributed by atoms with Gasteiger partial charge in [-0.15, -0.1) is 0 Å². The average Bonchev–Trinajstić information content (AvgIpc) is 2.95. The monoisotopic (exact) mass is 511 g/mol. The van der Waals surface area contributed by atoms with Crippen LogP contribution in [0.2, 0.25) is 0 Å². The van der Waals surface area contributed by atoms with Crippen molar-refractivity contribution in [2.45, 2.75) is 13.5 Å². The van der Waals surface area contributed by atoms with E-state index in [2.05, 4.69) is 52.1 Å². The quantitative estimate of drug-likeness (QED) is 0.376. The molecule has 38 heavy (non-hydrogen) atoms. The summed E-state index contributed by atoms with van der Waals surface area (Å²) in [5.74, 6) is -0.174. The molecular weight excluding hydrogens is 477 g/mol. The minimum absolute atomic E-state index is 0.174. The normalized spacial score (nSPS) is 17.3. The van der Waals surface area contributed by atoms with E-state index in [1.54, 1.807) is 6.07 Å². The van der Waals surface area contributed by atoms with Crippen molar-refractivity contribution in [1.82, 2.24) is 19.8 Å². The van der Waals surface area contributed by atoms with Gasteiger partial charge in [-0.1, -0.05) is 30.3 Å². The number of fused-ring (bicyclic) bond motifs is 1. The van der Waals surface area contributed by atoms with Crippen LogP contribution < -0.4 is 4.90 Å². The van der Waals surface area contributed by atoms with Crippen molar-refractivity contribution in [2.75, 3.05) is 64.4 Å². The van der Waals surface area contributed by atoms with Gasteiger partial charge >= 0.3 is 0 Å². The Morgan fingerprint density at radius 1 is 0.895 bits per heavy atom. The van der Waals surface area contributed by atoms with Crippen LogP contribution in [0.4, 0.5) is 10.1 Å². The molecule has 0 spiro atoms. The molecular formula is C31H34FN5O. The van der Waals surface area contributed by atoms with Gasteiger partial charge in [0.05, 0.1) is 36.1 Å². The number of morpholine rings is 1. The van der Waals surface area contributed by atoms with E-state index in [-0.39, 0.29) is 5.82 Å². The Morgan fingerprint density at radius 2 is 1.66 bits per heavy atom. The first-order valence-corrected chi connectivity index (χ1v) is 13.4. The Kier molecular flexibility index (Phi) is 7.06. The Bertz CT molecular complexity index is 1400. The lowest BCUT2D eigenvalue weighted by molar-refractivity contribution is 0.0336. The van der Waals surface area contributed by atoms with Crippen molar-refractivity contribution in [2.24, 2.45) is 0 Å². The number of halogens is 1. The van der Waals surface area contributed by atoms with Crippen molar-refractivity contribution in [3.8, 4) is 22.4 Å². The van der Waals surface area contributed by atoms with Crippen LogP contribution in [0.25, 0.3) is 33.4 Å². The topological polar surface area (TPSA) is 44.7 Å². The second-order valence-corrected chi connectivity index (χ2v) is 10.4. The highest BCUT2D eigenvalue weighted by atomic mass is 19.1. The molecule has 3 aromatic carbocycles. The Balaban J connectivity index is 1.30. The molecule has 7 heteroatoms. The minimum Gasteiger partial charge on any atom is -0.379 e. The van der Waals surface area contributed by atoms with E-state index in [0.717, 1.165) is 83.8 Å². The molecule has 6 rings (SSSR count). The molecule has 0 saturated carbocycles. The summed E-state index contributed by atoms with van der Waals surface area (Å²) >= 11 is 0. The number of piperazine rings is 1. The lowest BCUT2D eigenvalue weighted by atomic mass is 9.97. The van der Waals surface area contributed by atoms with Crippen LogP contribution in [0.3, 0.4) is 0 Å². The van der Waals surface area contributed by atoms with E-state index >= 15 is 4.39 Å². The first-order valence-electron chi connectivity index (χ1n) is 13.4. The van der Waals surface area contributed by atoms with Gasteiger partial charge in [0.25, 0.3) is 0 Å². The summed E-state index contributed by atoms with van der Waals surface area (Å²) in [5.41, 5.74) is 8.09. The fourth-order valence-electron chi connectivity index (χ4n) is 5.43. The van der Waals surface area contributed by atoms with Crippen LogP contribution in [-0.4, -0.2) is 79.3 Å². The zero-order valence-electron chi connectivity index (χ0n) is 22.2. The van der Waals surface area contributed by atoms with Crippen molar-refractivity contribution >= 4 is 16.7 Å². The van der Waals surface area contributed by atoms with E-state index in [9.17, 15) is 0 Å². The molecule has 0 aliphatic carbocycles. The third kappa shape index (κ3) is 5.14. The molecule has 2 fully saturated rings. The third-order valence-electron chi connectivity index (χ3n) is 7.82. The Labute approximate surface area is 223 Å². The van der Waals surface area contributed by atoms with Crippen LogP contribution >= 0.6 is 0 Å². The van der Waals surface area contributed by atoms with Gasteiger partial charge in [-0.25, -0.2) is 9.37 Å². The smallest absolute Gasteiger partial charge is 0.128 e. The molecule has 6 nitrogen and oxygen atoms in total. The van der Waals surface area contributed by atoms with Crippen molar-refractivity contribution < 1.29 is 9.13 Å². The van der Waals surface area contributed by atoms with E-state index in [4.69, 9.17) is 14.7 Å². The van der Waals surface area contributed by atoms with Gasteiger partial charge in [0.15, 0.2) is 0 Å². The van der Waals surface area contributed by atoms with Gasteiger partial charge in [-0.2, -0.15) is 0 Å². The summed E-state index contributed by atoms with van der Waals surface area (Å²) in [6, 6.07) is 18.2. The number of ether oxygens (including phenoxy) is 1. The number of anilines is 1. The molecule has 0 unspecified atom stereocenters. The summed E-state index contributed by atoms with van der Waals surface area (Å²) in [6.45, 7) is 9.90. The highest BCUT2D eigenvalue weighted by molar-refractivity contribution is 5.92. The molecule has 0 radical (unpaired) electrons. The summed E-state index contributed by atoms with van der Waals surface area (Å²) in [4.78, 5) is 16.8. The number of nitrogens with zero attached hydrogens (tertiary/aromatic N) is 5. The van der Waals surface area contributed by atoms with Crippen LogP contribution in [0.1, 0.15) is 11.1 Å². The standard InChI is InChI=1S/C31H34FN5O/c1-22-18-24(19-28(32)27(22)21-36-14-16-38-17-15-36)26-4-3-5-29-31(26)34-30(20-33-29)23-6-8-25(9-7-23)37-12-10-35(2)11-13-37/h3-9,18-20H,10-17,21H2,1-2H3. The molecule has 2 saturated heterocycles. The highest BCUT2D eigenvalue weighted by Crippen LogP contribution is 2.32. The van der Waals surface area contributed by atoms with E-state index in [1.165, 1.54) is 5.69 Å². The zero-order valence-corrected chi connectivity index (χ0v) is 22.2. The predicted molar refractivity (Wildman–Crippen MR) is 151 cm³/mol. The van der Waals surface area contributed by atoms with E-state index < -0.39 is 0 Å². The van der Waals surface area contributed by atoms with Crippen molar-refractivity contribution in [1.29, 1.82) is 0 Å². The molecule has 2 aliphatic heterocycles. The number of aromatic nitrogens is 2. The average molecular weight is 512 g/mol. The van der Waals surface area contributed by atoms with Gasteiger partial charge in [-0.3, -0.25) is 9.88 Å². The molecule has 2 aliphatic rings. The Hall–Kier alpha value is -3.39. The van der Waals surface area contributed by atoms with E-state index in [1.807, 2.05) is 31.3 Å². The maximum absolute atomic E-state index is 15.4. The van der Waals surface area contributed by atoms with Gasteiger partial charge in [-0.05, 0) is 49.4 Å². The maximum atomic E-state index is 15.4. The van der Waals surface area contributed by atoms with Gasteiger partial charge in [0.2, 0.25) is 0 Å². The fraction of sp³-hybridized carbons (Fsp3) is 0.355. The first-order chi connectivity index (χ1) is 18.5. The second kappa shape index (κ2) is 10.8. The minimum atomic E-state index is -0.174. The van der Waals surface area contributed by atoms with Gasteiger partial charge in [0, 0.05) is 68.2 Å². The number of hydrogen-bond acceptors (Lipinski definition) is 6.